The Balaban J connectivity index is 0.000000141. The van der Waals surface area contributed by atoms with Gasteiger partial charge < -0.3 is 18.6 Å². The topological polar surface area (TPSA) is 110 Å². The quantitative estimate of drug-likeness (QED) is 0.117. The number of nitrogens with zero attached hydrogens (tertiary/aromatic N) is 8. The third-order valence-corrected chi connectivity index (χ3v) is 22.2. The average Bonchev–Trinajstić information content (AvgIpc) is 1.56. The summed E-state index contributed by atoms with van der Waals surface area (Å²) in [4.78, 5) is 35.6. The molecule has 4 aromatic heterocycles. The van der Waals surface area contributed by atoms with E-state index in [0.717, 1.165) is 94.8 Å². The first-order chi connectivity index (χ1) is 55.5. The smallest absolute Gasteiger partial charge is 0.167 e. The summed E-state index contributed by atoms with van der Waals surface area (Å²) in [7, 11) is 0. The van der Waals surface area contributed by atoms with Crippen molar-refractivity contribution < 1.29 is 8.83 Å². The van der Waals surface area contributed by atoms with E-state index in [1.54, 1.807) is 0 Å². The van der Waals surface area contributed by atoms with E-state index in [1.165, 1.54) is 61.6 Å². The third-order valence-electron chi connectivity index (χ3n) is 22.2. The van der Waals surface area contributed by atoms with Crippen molar-refractivity contribution in [2.24, 2.45) is 0 Å². The van der Waals surface area contributed by atoms with E-state index in [2.05, 4.69) is 325 Å². The summed E-state index contributed by atoms with van der Waals surface area (Å²) in [5.74, 6) is 5.50. The van der Waals surface area contributed by atoms with Crippen LogP contribution in [0.15, 0.2) is 385 Å². The Hall–Kier alpha value is -14.7. The van der Waals surface area contributed by atoms with E-state index in [0.29, 0.717) is 34.9 Å². The van der Waals surface area contributed by atoms with Crippen LogP contribution in [0.25, 0.3) is 147 Å². The second-order valence-electron chi connectivity index (χ2n) is 28.7. The SMILES string of the molecule is C1=CC2C(c3ccccc3N2c2cccc(-c3ccc(-c4ccccc4)cc3)c2)c2c1oc1c(-c3nc(-c4ccccc4)nc(-c4ccccc4)n3)cccc21.C1=CC2C(c3ccccc3N2c2ccccc2)c2c1oc1c(-c3nc(-c4cccc(-c5ccccc5)c4)nc(-c4cccc(-c5ccccc5)c4)n3)cccc21. The van der Waals surface area contributed by atoms with Crippen LogP contribution in [0.1, 0.15) is 45.6 Å². The van der Waals surface area contributed by atoms with Gasteiger partial charge in [-0.2, -0.15) is 0 Å². The number of anilines is 4. The molecule has 0 spiro atoms. The highest BCUT2D eigenvalue weighted by molar-refractivity contribution is 6.00. The summed E-state index contributed by atoms with van der Waals surface area (Å²) in [5, 5.41) is 2.14. The zero-order valence-electron chi connectivity index (χ0n) is 60.7. The van der Waals surface area contributed by atoms with Gasteiger partial charge in [0, 0.05) is 78.7 Å². The third kappa shape index (κ3) is 11.7. The Morgan fingerprint density at radius 2 is 0.536 bits per heavy atom. The maximum Gasteiger partial charge on any atom is 0.167 e. The number of hydrogen-bond donors (Lipinski definition) is 0. The molecule has 0 saturated heterocycles. The molecule has 0 fully saturated rings. The second-order valence-corrected chi connectivity index (χ2v) is 28.7. The van der Waals surface area contributed by atoms with Crippen LogP contribution in [0.2, 0.25) is 0 Å². The molecule has 4 atom stereocenters. The van der Waals surface area contributed by atoms with Crippen LogP contribution in [-0.2, 0) is 0 Å². The van der Waals surface area contributed by atoms with Crippen LogP contribution in [0, 0.1) is 0 Å². The van der Waals surface area contributed by atoms with Crippen molar-refractivity contribution in [3.63, 3.8) is 0 Å². The zero-order chi connectivity index (χ0) is 74.0. The van der Waals surface area contributed by atoms with Gasteiger partial charge in [0.15, 0.2) is 34.9 Å². The second kappa shape index (κ2) is 27.8. The number of fused-ring (bicyclic) bond motifs is 14. The molecule has 10 nitrogen and oxygen atoms in total. The first-order valence-electron chi connectivity index (χ1n) is 38.0. The first-order valence-corrected chi connectivity index (χ1v) is 38.0. The maximum atomic E-state index is 6.88. The highest BCUT2D eigenvalue weighted by Gasteiger charge is 2.45. The van der Waals surface area contributed by atoms with Gasteiger partial charge >= 0.3 is 0 Å². The van der Waals surface area contributed by atoms with Crippen LogP contribution in [0.4, 0.5) is 22.7 Å². The number of aromatic nitrogens is 6. The van der Waals surface area contributed by atoms with Crippen LogP contribution in [0.3, 0.4) is 0 Å². The van der Waals surface area contributed by atoms with Gasteiger partial charge in [0.25, 0.3) is 0 Å². The molecular weight excluding hydrogens is 1370 g/mol. The summed E-state index contributed by atoms with van der Waals surface area (Å²) in [6, 6.07) is 127. The lowest BCUT2D eigenvalue weighted by molar-refractivity contribution is 0.584. The fourth-order valence-electron chi connectivity index (χ4n) is 17.1. The molecule has 0 saturated carbocycles. The fraction of sp³-hybridized carbons (Fsp3) is 0.0392. The number of hydrogen-bond acceptors (Lipinski definition) is 10. The predicted molar refractivity (Wildman–Crippen MR) is 453 cm³/mol. The van der Waals surface area contributed by atoms with Crippen molar-refractivity contribution in [1.29, 1.82) is 0 Å². The number of furan rings is 2. The highest BCUT2D eigenvalue weighted by atomic mass is 16.3. The molecule has 2 aliphatic heterocycles. The van der Waals surface area contributed by atoms with Gasteiger partial charge in [-0.25, -0.2) is 29.9 Å². The highest BCUT2D eigenvalue weighted by Crippen LogP contribution is 2.57. The lowest BCUT2D eigenvalue weighted by Crippen LogP contribution is -2.30. The van der Waals surface area contributed by atoms with Gasteiger partial charge in [-0.3, -0.25) is 0 Å². The van der Waals surface area contributed by atoms with Crippen molar-refractivity contribution in [3.8, 4) is 113 Å². The summed E-state index contributed by atoms with van der Waals surface area (Å²) >= 11 is 0. The van der Waals surface area contributed by atoms with Crippen molar-refractivity contribution in [2.75, 3.05) is 9.80 Å². The number of rotatable bonds is 12. The van der Waals surface area contributed by atoms with Crippen LogP contribution >= 0.6 is 0 Å². The van der Waals surface area contributed by atoms with Gasteiger partial charge in [0.2, 0.25) is 0 Å². The lowest BCUT2D eigenvalue weighted by atomic mass is 9.82. The molecule has 0 amide bonds. The van der Waals surface area contributed by atoms with Gasteiger partial charge in [0.1, 0.15) is 22.7 Å². The van der Waals surface area contributed by atoms with E-state index in [9.17, 15) is 0 Å². The Labute approximate surface area is 648 Å². The lowest BCUT2D eigenvalue weighted by Gasteiger charge is -2.30. The molecule has 18 aromatic rings. The van der Waals surface area contributed by atoms with E-state index in [1.807, 2.05) is 72.8 Å². The van der Waals surface area contributed by atoms with E-state index < -0.39 is 0 Å². The number of para-hydroxylation sites is 5. The molecule has 112 heavy (non-hydrogen) atoms. The maximum absolute atomic E-state index is 6.88. The molecule has 6 heterocycles. The largest absolute Gasteiger partial charge is 0.456 e. The molecule has 10 heteroatoms. The summed E-state index contributed by atoms with van der Waals surface area (Å²) in [6.45, 7) is 0. The van der Waals surface area contributed by atoms with Crippen molar-refractivity contribution in [2.45, 2.75) is 23.9 Å². The standard InChI is InChI=1S/2C51H34N4O/c1-4-15-33(16-5-1)35-19-12-21-37(31-35)49-52-50(38-22-13-20-36(32-38)34-17-6-2-7-18-34)54-51(53-49)42-27-14-26-41-47-45(56-48(41)42)30-29-44-46(47)40-25-10-11-28-43(40)55(44)39-23-8-3-9-24-39;1-4-14-33(15-5-1)34-26-28-35(29-27-34)38-20-12-21-39(32-38)55-43-25-11-10-22-40(43)46-44(55)30-31-45-47(46)41-23-13-24-42(48(41)56-45)51-53-49(36-16-6-2-7-17-36)52-50(54-51)37-18-8-3-9-19-37/h2*1-32,44,46H. The molecule has 0 N–H and O–H groups in total. The fourth-order valence-corrected chi connectivity index (χ4v) is 17.1. The normalized spacial score (nSPS) is 15.4. The Bertz CT molecular complexity index is 6510. The van der Waals surface area contributed by atoms with E-state index >= 15 is 0 Å². The Morgan fingerprint density at radius 3 is 0.982 bits per heavy atom. The monoisotopic (exact) mass is 1440 g/mol. The minimum Gasteiger partial charge on any atom is -0.456 e. The zero-order valence-corrected chi connectivity index (χ0v) is 60.7. The van der Waals surface area contributed by atoms with Crippen LogP contribution in [-0.4, -0.2) is 42.0 Å². The first kappa shape index (κ1) is 65.5. The molecular formula is C102H68N8O2. The van der Waals surface area contributed by atoms with E-state index in [4.69, 9.17) is 38.7 Å². The Kier molecular flexibility index (Phi) is 16.3. The minimum absolute atomic E-state index is 0.0617. The van der Waals surface area contributed by atoms with E-state index in [-0.39, 0.29) is 23.9 Å². The number of benzene rings is 14. The summed E-state index contributed by atoms with van der Waals surface area (Å²) in [6.07, 6.45) is 8.90. The molecule has 0 bridgehead atoms. The van der Waals surface area contributed by atoms with Gasteiger partial charge in [0.05, 0.1) is 23.2 Å². The van der Waals surface area contributed by atoms with Crippen molar-refractivity contribution >= 4 is 56.8 Å². The average molecular weight is 1440 g/mol. The van der Waals surface area contributed by atoms with Crippen molar-refractivity contribution in [1.82, 2.24) is 29.9 Å². The summed E-state index contributed by atoms with van der Waals surface area (Å²) < 4.78 is 13.7. The molecule has 22 rings (SSSR count). The predicted octanol–water partition coefficient (Wildman–Crippen LogP) is 25.3. The molecule has 528 valence electrons. The Morgan fingerprint density at radius 1 is 0.232 bits per heavy atom. The summed E-state index contributed by atoms with van der Waals surface area (Å²) in [5.41, 5.74) is 25.9. The van der Waals surface area contributed by atoms with Crippen LogP contribution in [0.5, 0.6) is 0 Å². The molecule has 14 aromatic carbocycles. The minimum atomic E-state index is 0.0617. The molecule has 4 aliphatic rings. The van der Waals surface area contributed by atoms with Crippen molar-refractivity contribution in [3.05, 3.63) is 410 Å². The molecule has 0 radical (unpaired) electrons. The van der Waals surface area contributed by atoms with Gasteiger partial charge in [-0.05, 0) is 128 Å². The molecule has 4 unspecified atom stereocenters. The van der Waals surface area contributed by atoms with Crippen LogP contribution < -0.4 is 9.80 Å². The van der Waals surface area contributed by atoms with Gasteiger partial charge in [-0.15, -0.1) is 0 Å². The molecule has 2 aliphatic carbocycles. The van der Waals surface area contributed by atoms with Gasteiger partial charge in [-0.1, -0.05) is 315 Å².